The average Bonchev–Trinajstić information content (AvgIpc) is 3.68. The van der Waals surface area contributed by atoms with Crippen LogP contribution in [-0.2, 0) is 11.3 Å². The molecule has 0 spiro atoms. The lowest BCUT2D eigenvalue weighted by Crippen LogP contribution is -2.44. The van der Waals surface area contributed by atoms with Crippen LogP contribution in [0.25, 0.3) is 33.8 Å². The summed E-state index contributed by atoms with van der Waals surface area (Å²) in [6.45, 7) is 6.33. The van der Waals surface area contributed by atoms with E-state index >= 15 is 0 Å². The number of carbonyl (C=O) groups excluding carboxylic acids is 1. The minimum absolute atomic E-state index is 0.0170. The van der Waals surface area contributed by atoms with Gasteiger partial charge in [-0.15, -0.1) is 0 Å². The zero-order valence-electron chi connectivity index (χ0n) is 22.7. The summed E-state index contributed by atoms with van der Waals surface area (Å²) in [6.07, 6.45) is 9.64. The lowest BCUT2D eigenvalue weighted by Gasteiger charge is -2.30. The van der Waals surface area contributed by atoms with Crippen LogP contribution in [0.15, 0.2) is 33.8 Å². The first-order valence-electron chi connectivity index (χ1n) is 14.0. The molecule has 2 N–H and O–H groups in total. The van der Waals surface area contributed by atoms with Gasteiger partial charge in [0.15, 0.2) is 0 Å². The molecular formula is C28H33ClN8O3. The Bertz CT molecular complexity index is 1590. The van der Waals surface area contributed by atoms with Gasteiger partial charge in [-0.05, 0) is 56.6 Å². The Morgan fingerprint density at radius 2 is 2.00 bits per heavy atom. The van der Waals surface area contributed by atoms with Crippen molar-refractivity contribution in [3.63, 3.8) is 0 Å². The van der Waals surface area contributed by atoms with Crippen molar-refractivity contribution < 1.29 is 9.32 Å². The van der Waals surface area contributed by atoms with Crippen LogP contribution in [0.1, 0.15) is 52.4 Å². The number of anilines is 1. The normalized spacial score (nSPS) is 21.3. The Morgan fingerprint density at radius 3 is 2.73 bits per heavy atom. The number of rotatable bonds is 7. The third-order valence-corrected chi connectivity index (χ3v) is 8.31. The second-order valence-electron chi connectivity index (χ2n) is 11.0. The molecule has 11 nitrogen and oxygen atoms in total. The number of nitrogens with one attached hydrogen (secondary N) is 2. The molecule has 0 unspecified atom stereocenters. The molecule has 2 aliphatic rings. The third kappa shape index (κ3) is 5.10. The molecule has 0 bridgehead atoms. The van der Waals surface area contributed by atoms with Gasteiger partial charge in [-0.1, -0.05) is 36.5 Å². The third-order valence-electron chi connectivity index (χ3n) is 8.11. The van der Waals surface area contributed by atoms with Crippen LogP contribution in [0.3, 0.4) is 0 Å². The molecule has 6 rings (SSSR count). The molecule has 0 aromatic carbocycles. The number of hydrogen-bond donors (Lipinski definition) is 2. The Kier molecular flexibility index (Phi) is 7.31. The molecule has 1 aliphatic carbocycles. The molecule has 1 atom stereocenters. The summed E-state index contributed by atoms with van der Waals surface area (Å²) < 4.78 is 7.01. The molecular weight excluding hydrogens is 532 g/mol. The van der Waals surface area contributed by atoms with Crippen LogP contribution < -0.4 is 16.0 Å². The van der Waals surface area contributed by atoms with Crippen LogP contribution in [-0.4, -0.2) is 54.7 Å². The van der Waals surface area contributed by atoms with E-state index in [1.807, 2.05) is 19.1 Å². The number of hydrogen-bond acceptors (Lipinski definition) is 8. The highest BCUT2D eigenvalue weighted by molar-refractivity contribution is 6.30. The maximum atomic E-state index is 13.1. The number of nitrogens with zero attached hydrogens (tertiary/aromatic N) is 6. The number of fused-ring (bicyclic) bond motifs is 1. The minimum atomic E-state index is -0.664. The van der Waals surface area contributed by atoms with Crippen LogP contribution in [0.5, 0.6) is 0 Å². The molecule has 1 saturated carbocycles. The predicted molar refractivity (Wildman–Crippen MR) is 152 cm³/mol. The Morgan fingerprint density at radius 1 is 1.18 bits per heavy atom. The molecule has 4 aromatic heterocycles. The number of pyridine rings is 2. The molecule has 210 valence electrons. The van der Waals surface area contributed by atoms with E-state index in [1.54, 1.807) is 12.4 Å². The highest BCUT2D eigenvalue weighted by Crippen LogP contribution is 2.38. The standard InChI is InChI=1S/C28H33ClN8O3/c1-3-31-26(38)22-5-4-10-36(22)27-33-20-12-21(25-34-28(39)40-35-25)32-23(18-11-19(29)14-30-13-18)24(20)37(27)15-17-8-6-16(2)7-9-17/h11-14,16-17,22H,3-10,15H2,1-2H3,(H,31,38)(H,34,35,39)/t16?,17?,22-/m1/s1. The molecule has 4 aromatic rings. The fraction of sp³-hybridized carbons (Fsp3) is 0.500. The van der Waals surface area contributed by atoms with E-state index in [0.29, 0.717) is 34.4 Å². The fourth-order valence-electron chi connectivity index (χ4n) is 6.08. The van der Waals surface area contributed by atoms with Crippen molar-refractivity contribution >= 4 is 34.5 Å². The zero-order chi connectivity index (χ0) is 27.8. The first kappa shape index (κ1) is 26.5. The lowest BCUT2D eigenvalue weighted by molar-refractivity contribution is -0.122. The Balaban J connectivity index is 1.56. The van der Waals surface area contributed by atoms with Crippen LogP contribution in [0, 0.1) is 11.8 Å². The summed E-state index contributed by atoms with van der Waals surface area (Å²) in [5, 5.41) is 7.34. The fourth-order valence-corrected chi connectivity index (χ4v) is 6.26. The molecule has 0 radical (unpaired) electrons. The van der Waals surface area contributed by atoms with Gasteiger partial charge in [0, 0.05) is 37.6 Å². The molecule has 1 amide bonds. The summed E-state index contributed by atoms with van der Waals surface area (Å²) in [4.78, 5) is 43.9. The van der Waals surface area contributed by atoms with E-state index in [1.165, 1.54) is 12.8 Å². The van der Waals surface area contributed by atoms with Crippen molar-refractivity contribution in [1.29, 1.82) is 0 Å². The second-order valence-corrected chi connectivity index (χ2v) is 11.4. The van der Waals surface area contributed by atoms with Crippen molar-refractivity contribution in [3.05, 3.63) is 40.1 Å². The van der Waals surface area contributed by atoms with E-state index < -0.39 is 5.76 Å². The van der Waals surface area contributed by atoms with E-state index in [4.69, 9.17) is 26.1 Å². The SMILES string of the molecule is CCNC(=O)[C@H]1CCCN1c1nc2cc(-c3noc(=O)[nH]3)nc(-c3cncc(Cl)c3)c2n1CC1CCC(C)CC1. The van der Waals surface area contributed by atoms with Crippen molar-refractivity contribution in [3.8, 4) is 22.8 Å². The monoisotopic (exact) mass is 564 g/mol. The summed E-state index contributed by atoms with van der Waals surface area (Å²) in [5.41, 5.74) is 3.29. The maximum absolute atomic E-state index is 13.1. The number of H-pyrrole nitrogens is 1. The first-order valence-corrected chi connectivity index (χ1v) is 14.4. The average molecular weight is 565 g/mol. The molecule has 40 heavy (non-hydrogen) atoms. The van der Waals surface area contributed by atoms with Gasteiger partial charge in [0.2, 0.25) is 17.7 Å². The lowest BCUT2D eigenvalue weighted by atomic mass is 9.83. The molecule has 5 heterocycles. The number of aromatic nitrogens is 6. The van der Waals surface area contributed by atoms with Gasteiger partial charge in [0.1, 0.15) is 11.7 Å². The Hall–Kier alpha value is -3.73. The molecule has 1 aliphatic heterocycles. The van der Waals surface area contributed by atoms with Gasteiger partial charge in [-0.3, -0.25) is 19.3 Å². The van der Waals surface area contributed by atoms with Gasteiger partial charge >= 0.3 is 5.76 Å². The molecule has 2 fully saturated rings. The van der Waals surface area contributed by atoms with Gasteiger partial charge in [0.05, 0.1) is 21.7 Å². The van der Waals surface area contributed by atoms with Crippen LogP contribution in [0.4, 0.5) is 5.95 Å². The summed E-state index contributed by atoms with van der Waals surface area (Å²) in [6, 6.07) is 3.33. The van der Waals surface area contributed by atoms with Gasteiger partial charge in [-0.2, -0.15) is 0 Å². The van der Waals surface area contributed by atoms with Gasteiger partial charge in [0.25, 0.3) is 0 Å². The number of aromatic amines is 1. The largest absolute Gasteiger partial charge is 0.439 e. The highest BCUT2D eigenvalue weighted by atomic mass is 35.5. The number of carbonyl (C=O) groups is 1. The van der Waals surface area contributed by atoms with Crippen molar-refractivity contribution in [1.82, 2.24) is 35.0 Å². The van der Waals surface area contributed by atoms with Gasteiger partial charge in [-0.25, -0.2) is 14.8 Å². The number of amides is 1. The van der Waals surface area contributed by atoms with Crippen molar-refractivity contribution in [2.45, 2.75) is 65.0 Å². The first-order chi connectivity index (χ1) is 19.4. The van der Waals surface area contributed by atoms with Crippen molar-refractivity contribution in [2.24, 2.45) is 11.8 Å². The van der Waals surface area contributed by atoms with Crippen LogP contribution in [0.2, 0.25) is 5.02 Å². The second kappa shape index (κ2) is 11.0. The van der Waals surface area contributed by atoms with Gasteiger partial charge < -0.3 is 14.8 Å². The summed E-state index contributed by atoms with van der Waals surface area (Å²) >= 11 is 6.37. The topological polar surface area (TPSA) is 135 Å². The number of halogens is 1. The van der Waals surface area contributed by atoms with E-state index in [9.17, 15) is 9.59 Å². The van der Waals surface area contributed by atoms with E-state index in [2.05, 4.69) is 36.8 Å². The highest BCUT2D eigenvalue weighted by Gasteiger charge is 2.35. The molecule has 1 saturated heterocycles. The summed E-state index contributed by atoms with van der Waals surface area (Å²) in [7, 11) is 0. The Labute approximate surface area is 236 Å². The number of likely N-dealkylation sites (N-methyl/N-ethyl adjacent to an activating group) is 1. The van der Waals surface area contributed by atoms with E-state index in [-0.39, 0.29) is 17.8 Å². The zero-order valence-corrected chi connectivity index (χ0v) is 23.4. The molecule has 12 heteroatoms. The smallest absolute Gasteiger partial charge is 0.355 e. The van der Waals surface area contributed by atoms with Crippen LogP contribution >= 0.6 is 11.6 Å². The quantitative estimate of drug-likeness (QED) is 0.337. The van der Waals surface area contributed by atoms with Crippen molar-refractivity contribution in [2.75, 3.05) is 18.0 Å². The maximum Gasteiger partial charge on any atom is 0.439 e. The number of imidazole rings is 1. The summed E-state index contributed by atoms with van der Waals surface area (Å²) in [5.74, 6) is 1.53. The minimum Gasteiger partial charge on any atom is -0.355 e. The predicted octanol–water partition coefficient (Wildman–Crippen LogP) is 4.42. The van der Waals surface area contributed by atoms with E-state index in [0.717, 1.165) is 61.7 Å².